The van der Waals surface area contributed by atoms with Gasteiger partial charge in [0.25, 0.3) is 0 Å². The van der Waals surface area contributed by atoms with Gasteiger partial charge in [-0.1, -0.05) is 12.1 Å². The van der Waals surface area contributed by atoms with Crippen molar-refractivity contribution >= 4 is 6.09 Å². The highest BCUT2D eigenvalue weighted by molar-refractivity contribution is 5.70. The number of nitrogens with one attached hydrogen (secondary N) is 1. The normalized spacial score (nSPS) is 27.5. The molecule has 3 fully saturated rings. The summed E-state index contributed by atoms with van der Waals surface area (Å²) in [6.45, 7) is 3.03. The van der Waals surface area contributed by atoms with Gasteiger partial charge in [0.1, 0.15) is 17.7 Å². The average molecular weight is 398 g/mol. The number of hydrogen-bond acceptors (Lipinski definition) is 3. The third kappa shape index (κ3) is 3.62. The van der Waals surface area contributed by atoms with E-state index in [2.05, 4.69) is 10.2 Å². The lowest BCUT2D eigenvalue weighted by Crippen LogP contribution is -2.52. The monoisotopic (exact) mass is 398 g/mol. The van der Waals surface area contributed by atoms with Crippen LogP contribution in [-0.2, 0) is 11.2 Å². The number of halogens is 2. The van der Waals surface area contributed by atoms with Gasteiger partial charge in [-0.05, 0) is 79.6 Å². The van der Waals surface area contributed by atoms with Crippen LogP contribution in [0.15, 0.2) is 36.4 Å². The van der Waals surface area contributed by atoms with Gasteiger partial charge in [-0.2, -0.15) is 0 Å². The molecule has 0 saturated carbocycles. The van der Waals surface area contributed by atoms with Crippen molar-refractivity contribution < 1.29 is 18.3 Å². The van der Waals surface area contributed by atoms with Gasteiger partial charge in [-0.15, -0.1) is 0 Å². The fourth-order valence-electron chi connectivity index (χ4n) is 5.00. The number of carbonyl (C=O) groups is 1. The van der Waals surface area contributed by atoms with Crippen LogP contribution in [0, 0.1) is 17.6 Å². The Kier molecular flexibility index (Phi) is 4.74. The second-order valence-electron chi connectivity index (χ2n) is 8.36. The topological polar surface area (TPSA) is 41.6 Å². The fourth-order valence-corrected chi connectivity index (χ4v) is 5.00. The maximum Gasteiger partial charge on any atom is 0.407 e. The van der Waals surface area contributed by atoms with Crippen LogP contribution in [0.2, 0.25) is 0 Å². The first-order valence-corrected chi connectivity index (χ1v) is 10.3. The van der Waals surface area contributed by atoms with Gasteiger partial charge >= 0.3 is 6.09 Å². The van der Waals surface area contributed by atoms with E-state index in [0.717, 1.165) is 62.5 Å². The number of alkyl carbamates (subject to hydrolysis) is 1. The molecule has 29 heavy (non-hydrogen) atoms. The molecule has 3 saturated heterocycles. The number of amides is 1. The van der Waals surface area contributed by atoms with Crippen LogP contribution in [-0.4, -0.2) is 36.7 Å². The zero-order valence-corrected chi connectivity index (χ0v) is 16.2. The maximum absolute atomic E-state index is 14.2. The molecule has 1 aliphatic carbocycles. The molecular weight excluding hydrogens is 374 g/mol. The van der Waals surface area contributed by atoms with Crippen molar-refractivity contribution in [3.8, 4) is 11.1 Å². The summed E-state index contributed by atoms with van der Waals surface area (Å²) in [5, 5.41) is 3.01. The first kappa shape index (κ1) is 18.6. The third-order valence-corrected chi connectivity index (χ3v) is 6.61. The van der Waals surface area contributed by atoms with E-state index >= 15 is 0 Å². The highest BCUT2D eigenvalue weighted by atomic mass is 19.1. The number of fused-ring (bicyclic) bond motifs is 4. The minimum Gasteiger partial charge on any atom is -0.445 e. The lowest BCUT2D eigenvalue weighted by Gasteiger charge is -2.43. The summed E-state index contributed by atoms with van der Waals surface area (Å²) < 4.78 is 33.2. The van der Waals surface area contributed by atoms with Crippen molar-refractivity contribution in [2.24, 2.45) is 5.92 Å². The van der Waals surface area contributed by atoms with Gasteiger partial charge < -0.3 is 10.1 Å². The van der Waals surface area contributed by atoms with Crippen LogP contribution < -0.4 is 5.32 Å². The predicted molar refractivity (Wildman–Crippen MR) is 105 cm³/mol. The van der Waals surface area contributed by atoms with Crippen molar-refractivity contribution in [1.29, 1.82) is 0 Å². The summed E-state index contributed by atoms with van der Waals surface area (Å²) in [6.07, 6.45) is 3.43. The summed E-state index contributed by atoms with van der Waals surface area (Å²) in [5.41, 5.74) is 3.16. The molecule has 2 atom stereocenters. The van der Waals surface area contributed by atoms with Crippen molar-refractivity contribution in [2.45, 2.75) is 37.8 Å². The molecule has 6 heteroatoms. The lowest BCUT2D eigenvalue weighted by molar-refractivity contribution is -0.0339. The Balaban J connectivity index is 1.30. The first-order chi connectivity index (χ1) is 14.1. The lowest BCUT2D eigenvalue weighted by atomic mass is 9.86. The zero-order chi connectivity index (χ0) is 20.0. The summed E-state index contributed by atoms with van der Waals surface area (Å²) in [7, 11) is 0. The molecule has 1 amide bonds. The smallest absolute Gasteiger partial charge is 0.407 e. The molecule has 0 radical (unpaired) electrons. The van der Waals surface area contributed by atoms with E-state index in [0.29, 0.717) is 17.0 Å². The SMILES string of the molecule is O=C(NC1CCc2ccc(-c3ccc(F)cc3F)cc21)O[C@H]1CN2CCC1CC2. The number of ether oxygens (including phenoxy) is 1. The van der Waals surface area contributed by atoms with Gasteiger partial charge in [0.15, 0.2) is 0 Å². The van der Waals surface area contributed by atoms with Gasteiger partial charge in [0.2, 0.25) is 0 Å². The Hall–Kier alpha value is -2.47. The van der Waals surface area contributed by atoms with E-state index in [1.54, 1.807) is 0 Å². The van der Waals surface area contributed by atoms with Crippen molar-refractivity contribution in [3.63, 3.8) is 0 Å². The van der Waals surface area contributed by atoms with E-state index in [1.165, 1.54) is 12.1 Å². The number of piperidine rings is 3. The number of benzene rings is 2. The van der Waals surface area contributed by atoms with Crippen LogP contribution >= 0.6 is 0 Å². The number of carbonyl (C=O) groups excluding carboxylic acids is 1. The van der Waals surface area contributed by atoms with Crippen molar-refractivity contribution in [3.05, 3.63) is 59.2 Å². The van der Waals surface area contributed by atoms with Gasteiger partial charge in [-0.25, -0.2) is 13.6 Å². The second kappa shape index (κ2) is 7.41. The van der Waals surface area contributed by atoms with Crippen LogP contribution in [0.1, 0.15) is 36.4 Å². The zero-order valence-electron chi connectivity index (χ0n) is 16.2. The molecule has 1 N–H and O–H groups in total. The highest BCUT2D eigenvalue weighted by Gasteiger charge is 2.37. The summed E-state index contributed by atoms with van der Waals surface area (Å²) in [5.74, 6) is -0.716. The Morgan fingerprint density at radius 2 is 1.90 bits per heavy atom. The van der Waals surface area contributed by atoms with Crippen LogP contribution in [0.3, 0.4) is 0 Å². The maximum atomic E-state index is 14.2. The second-order valence-corrected chi connectivity index (χ2v) is 8.36. The number of rotatable bonds is 3. The molecule has 3 aliphatic heterocycles. The molecule has 4 nitrogen and oxygen atoms in total. The Morgan fingerprint density at radius 3 is 2.62 bits per heavy atom. The van der Waals surface area contributed by atoms with Gasteiger partial charge in [0.05, 0.1) is 6.04 Å². The van der Waals surface area contributed by atoms with E-state index < -0.39 is 11.6 Å². The quantitative estimate of drug-likeness (QED) is 0.831. The standard InChI is InChI=1S/C23H24F2N2O2/c24-17-4-5-18(20(25)12-17)16-2-1-14-3-6-21(19(14)11-16)26-23(28)29-22-13-27-9-7-15(22)8-10-27/h1-2,4-5,11-12,15,21-22H,3,6-10,13H2,(H,26,28)/t21?,22-/m0/s1. The Labute approximate surface area is 168 Å². The molecule has 0 spiro atoms. The summed E-state index contributed by atoms with van der Waals surface area (Å²) in [6, 6.07) is 9.17. The van der Waals surface area contributed by atoms with E-state index in [1.807, 2.05) is 18.2 Å². The molecule has 2 aromatic carbocycles. The molecule has 2 bridgehead atoms. The molecule has 152 valence electrons. The minimum atomic E-state index is -0.595. The number of hydrogen-bond donors (Lipinski definition) is 1. The number of nitrogens with zero attached hydrogens (tertiary/aromatic N) is 1. The largest absolute Gasteiger partial charge is 0.445 e. The molecule has 1 unspecified atom stereocenters. The molecule has 2 aromatic rings. The predicted octanol–water partition coefficient (Wildman–Crippen LogP) is 4.44. The van der Waals surface area contributed by atoms with Crippen LogP contribution in [0.4, 0.5) is 13.6 Å². The first-order valence-electron chi connectivity index (χ1n) is 10.3. The summed E-state index contributed by atoms with van der Waals surface area (Å²) in [4.78, 5) is 14.9. The Morgan fingerprint density at radius 1 is 1.07 bits per heavy atom. The molecule has 4 aliphatic rings. The fraction of sp³-hybridized carbons (Fsp3) is 0.435. The van der Waals surface area contributed by atoms with Gasteiger partial charge in [-0.3, -0.25) is 4.90 Å². The van der Waals surface area contributed by atoms with Crippen LogP contribution in [0.25, 0.3) is 11.1 Å². The molecule has 6 rings (SSSR count). The Bertz CT molecular complexity index is 940. The highest BCUT2D eigenvalue weighted by Crippen LogP contribution is 2.36. The minimum absolute atomic E-state index is 0.0296. The molecule has 3 heterocycles. The van der Waals surface area contributed by atoms with Crippen molar-refractivity contribution in [1.82, 2.24) is 10.2 Å². The third-order valence-electron chi connectivity index (χ3n) is 6.61. The summed E-state index contributed by atoms with van der Waals surface area (Å²) >= 11 is 0. The van der Waals surface area contributed by atoms with E-state index in [9.17, 15) is 13.6 Å². The number of aryl methyl sites for hydroxylation is 1. The van der Waals surface area contributed by atoms with E-state index in [-0.39, 0.29) is 18.2 Å². The van der Waals surface area contributed by atoms with Crippen molar-refractivity contribution in [2.75, 3.05) is 19.6 Å². The molecular formula is C23H24F2N2O2. The van der Waals surface area contributed by atoms with Crippen LogP contribution in [0.5, 0.6) is 0 Å². The average Bonchev–Trinajstić information content (AvgIpc) is 3.11. The molecule has 0 aromatic heterocycles. The van der Waals surface area contributed by atoms with E-state index in [4.69, 9.17) is 4.74 Å². The van der Waals surface area contributed by atoms with Gasteiger partial charge in [0, 0.05) is 18.2 Å².